The number of esters is 1. The van der Waals surface area contributed by atoms with Crippen LogP contribution < -0.4 is 19.7 Å². The van der Waals surface area contributed by atoms with Crippen molar-refractivity contribution in [3.8, 4) is 11.5 Å². The van der Waals surface area contributed by atoms with Gasteiger partial charge in [-0.05, 0) is 63.2 Å². The molecule has 1 aliphatic rings. The maximum Gasteiger partial charge on any atom is 0.338 e. The molecule has 180 valence electrons. The summed E-state index contributed by atoms with van der Waals surface area (Å²) in [5, 5.41) is 3.15. The second-order valence-corrected chi connectivity index (χ2v) is 8.83. The van der Waals surface area contributed by atoms with Crippen LogP contribution in [0.5, 0.6) is 11.5 Å². The number of Topliss-reactive ketones (excluding diaryl/α,β-unsaturated/α-hetero) is 1. The van der Waals surface area contributed by atoms with Crippen LogP contribution in [-0.4, -0.2) is 56.0 Å². The maximum atomic E-state index is 12.7. The van der Waals surface area contributed by atoms with E-state index in [0.29, 0.717) is 22.7 Å². The second-order valence-electron chi connectivity index (χ2n) is 8.83. The first-order valence-corrected chi connectivity index (χ1v) is 10.7. The van der Waals surface area contributed by atoms with Crippen LogP contribution in [0.25, 0.3) is 0 Å². The van der Waals surface area contributed by atoms with Gasteiger partial charge in [0, 0.05) is 11.1 Å². The second kappa shape index (κ2) is 10.0. The fraction of sp³-hybridized carbons (Fsp3) is 0.360. The van der Waals surface area contributed by atoms with Gasteiger partial charge in [-0.3, -0.25) is 14.4 Å². The molecule has 2 aromatic rings. The van der Waals surface area contributed by atoms with Crippen LogP contribution in [0.2, 0.25) is 0 Å². The number of nitrogens with zero attached hydrogens (tertiary/aromatic N) is 1. The highest BCUT2D eigenvalue weighted by Gasteiger charge is 2.40. The van der Waals surface area contributed by atoms with Crippen molar-refractivity contribution in [1.29, 1.82) is 0 Å². The first kappa shape index (κ1) is 24.9. The minimum Gasteiger partial charge on any atom is -0.493 e. The smallest absolute Gasteiger partial charge is 0.338 e. The third kappa shape index (κ3) is 5.60. The molecule has 1 heterocycles. The zero-order chi connectivity index (χ0) is 25.0. The molecule has 0 aromatic heterocycles. The summed E-state index contributed by atoms with van der Waals surface area (Å²) in [5.74, 6) is -0.894. The number of methoxy groups -OCH3 is 2. The Bertz CT molecular complexity index is 1100. The predicted molar refractivity (Wildman–Crippen MR) is 124 cm³/mol. The van der Waals surface area contributed by atoms with Crippen LogP contribution in [0.3, 0.4) is 0 Å². The average Bonchev–Trinajstić information content (AvgIpc) is 3.07. The van der Waals surface area contributed by atoms with Gasteiger partial charge >= 0.3 is 5.97 Å². The number of rotatable bonds is 8. The van der Waals surface area contributed by atoms with Crippen molar-refractivity contribution in [1.82, 2.24) is 5.32 Å². The molecule has 3 rings (SSSR count). The summed E-state index contributed by atoms with van der Waals surface area (Å²) in [5.41, 5.74) is 0.544. The summed E-state index contributed by atoms with van der Waals surface area (Å²) < 4.78 is 15.5. The van der Waals surface area contributed by atoms with Crippen LogP contribution in [0.4, 0.5) is 5.69 Å². The molecule has 1 unspecified atom stereocenters. The normalized spacial score (nSPS) is 15.9. The molecule has 1 atom stereocenters. The quantitative estimate of drug-likeness (QED) is 0.358. The van der Waals surface area contributed by atoms with Crippen LogP contribution in [0.1, 0.15) is 47.9 Å². The lowest BCUT2D eigenvalue weighted by Gasteiger charge is -2.24. The highest BCUT2D eigenvalue weighted by atomic mass is 16.5. The Kier molecular flexibility index (Phi) is 7.36. The average molecular weight is 469 g/mol. The molecule has 1 fully saturated rings. The SMILES string of the molecule is COc1ccc(C(=O)COC(=O)c2ccc(N3C(=O)CC(NC(C)(C)C)C3=O)cc2)cc1OC. The van der Waals surface area contributed by atoms with E-state index in [0.717, 1.165) is 4.90 Å². The third-order valence-corrected chi connectivity index (χ3v) is 5.15. The van der Waals surface area contributed by atoms with Crippen molar-refractivity contribution >= 4 is 29.3 Å². The molecule has 0 aliphatic carbocycles. The molecule has 9 nitrogen and oxygen atoms in total. The molecule has 2 aromatic carbocycles. The lowest BCUT2D eigenvalue weighted by molar-refractivity contribution is -0.121. The van der Waals surface area contributed by atoms with E-state index >= 15 is 0 Å². The Morgan fingerprint density at radius 2 is 1.59 bits per heavy atom. The third-order valence-electron chi connectivity index (χ3n) is 5.15. The first-order chi connectivity index (χ1) is 16.0. The number of ketones is 1. The number of carbonyl (C=O) groups excluding carboxylic acids is 4. The zero-order valence-electron chi connectivity index (χ0n) is 19.8. The summed E-state index contributed by atoms with van der Waals surface area (Å²) in [7, 11) is 2.95. The minimum absolute atomic E-state index is 0.0676. The Morgan fingerprint density at radius 3 is 2.18 bits per heavy atom. The van der Waals surface area contributed by atoms with Gasteiger partial charge in [-0.15, -0.1) is 0 Å². The van der Waals surface area contributed by atoms with Gasteiger partial charge in [-0.1, -0.05) is 0 Å². The van der Waals surface area contributed by atoms with Gasteiger partial charge in [0.25, 0.3) is 5.91 Å². The van der Waals surface area contributed by atoms with E-state index in [9.17, 15) is 19.2 Å². The fourth-order valence-electron chi connectivity index (χ4n) is 3.59. The number of nitrogens with one attached hydrogen (secondary N) is 1. The lowest BCUT2D eigenvalue weighted by atomic mass is 10.1. The molecule has 0 saturated carbocycles. The Labute approximate surface area is 198 Å². The lowest BCUT2D eigenvalue weighted by Crippen LogP contribution is -2.47. The van der Waals surface area contributed by atoms with Gasteiger partial charge in [-0.2, -0.15) is 0 Å². The van der Waals surface area contributed by atoms with E-state index in [1.54, 1.807) is 12.1 Å². The van der Waals surface area contributed by atoms with Crippen LogP contribution in [0.15, 0.2) is 42.5 Å². The van der Waals surface area contributed by atoms with E-state index in [-0.39, 0.29) is 29.3 Å². The van der Waals surface area contributed by atoms with E-state index in [4.69, 9.17) is 14.2 Å². The standard InChI is InChI=1S/C25H28N2O7/c1-25(2,3)26-18-13-22(29)27(23(18)30)17-9-6-15(7-10-17)24(31)34-14-19(28)16-8-11-20(32-4)21(12-16)33-5/h6-12,18,26H,13-14H2,1-5H3. The number of anilines is 1. The molecule has 1 N–H and O–H groups in total. The summed E-state index contributed by atoms with van der Waals surface area (Å²) in [6.45, 7) is 5.30. The number of ether oxygens (including phenoxy) is 3. The van der Waals surface area contributed by atoms with Gasteiger partial charge in [-0.25, -0.2) is 9.69 Å². The molecular weight excluding hydrogens is 440 g/mol. The van der Waals surface area contributed by atoms with Gasteiger partial charge < -0.3 is 19.5 Å². The molecule has 0 bridgehead atoms. The van der Waals surface area contributed by atoms with E-state index in [2.05, 4.69) is 5.32 Å². The molecule has 1 aliphatic heterocycles. The molecule has 0 spiro atoms. The van der Waals surface area contributed by atoms with Crippen molar-refractivity contribution in [2.75, 3.05) is 25.7 Å². The topological polar surface area (TPSA) is 111 Å². The molecule has 1 saturated heterocycles. The summed E-state index contributed by atoms with van der Waals surface area (Å²) in [6.07, 6.45) is 0.0676. The molecule has 34 heavy (non-hydrogen) atoms. The number of amides is 2. The first-order valence-electron chi connectivity index (χ1n) is 10.7. The van der Waals surface area contributed by atoms with E-state index < -0.39 is 24.4 Å². The van der Waals surface area contributed by atoms with Crippen molar-refractivity contribution in [3.63, 3.8) is 0 Å². The molecule has 9 heteroatoms. The number of hydrogen-bond donors (Lipinski definition) is 1. The number of carbonyl (C=O) groups is 4. The van der Waals surface area contributed by atoms with Gasteiger partial charge in [0.2, 0.25) is 5.91 Å². The zero-order valence-corrected chi connectivity index (χ0v) is 19.8. The van der Waals surface area contributed by atoms with Crippen molar-refractivity contribution in [2.45, 2.75) is 38.8 Å². The Hall–Kier alpha value is -3.72. The minimum atomic E-state index is -0.702. The summed E-state index contributed by atoms with van der Waals surface area (Å²) in [4.78, 5) is 51.1. The van der Waals surface area contributed by atoms with E-state index in [1.165, 1.54) is 44.6 Å². The van der Waals surface area contributed by atoms with Gasteiger partial charge in [0.15, 0.2) is 23.9 Å². The summed E-state index contributed by atoms with van der Waals surface area (Å²) >= 11 is 0. The number of hydrogen-bond acceptors (Lipinski definition) is 8. The van der Waals surface area contributed by atoms with E-state index in [1.807, 2.05) is 20.8 Å². The molecular formula is C25H28N2O7. The Morgan fingerprint density at radius 1 is 0.971 bits per heavy atom. The number of benzene rings is 2. The molecule has 0 radical (unpaired) electrons. The fourth-order valence-corrected chi connectivity index (χ4v) is 3.59. The monoisotopic (exact) mass is 468 g/mol. The predicted octanol–water partition coefficient (Wildman–Crippen LogP) is 2.76. The Balaban J connectivity index is 1.63. The highest BCUT2D eigenvalue weighted by Crippen LogP contribution is 2.28. The number of imide groups is 1. The maximum absolute atomic E-state index is 12.7. The van der Waals surface area contributed by atoms with Crippen LogP contribution >= 0.6 is 0 Å². The van der Waals surface area contributed by atoms with Crippen molar-refractivity contribution in [2.24, 2.45) is 0 Å². The van der Waals surface area contributed by atoms with Crippen LogP contribution in [-0.2, 0) is 14.3 Å². The van der Waals surface area contributed by atoms with Crippen LogP contribution in [0, 0.1) is 0 Å². The highest BCUT2D eigenvalue weighted by molar-refractivity contribution is 6.22. The van der Waals surface area contributed by atoms with Gasteiger partial charge in [0.1, 0.15) is 0 Å². The largest absolute Gasteiger partial charge is 0.493 e. The summed E-state index contributed by atoms with van der Waals surface area (Å²) in [6, 6.07) is 9.96. The van der Waals surface area contributed by atoms with Crippen molar-refractivity contribution in [3.05, 3.63) is 53.6 Å². The van der Waals surface area contributed by atoms with Gasteiger partial charge in [0.05, 0.1) is 37.9 Å². The molecule has 2 amide bonds. The van der Waals surface area contributed by atoms with Crippen molar-refractivity contribution < 1.29 is 33.4 Å².